The number of rotatable bonds is 4. The molecule has 1 atom stereocenters. The fourth-order valence-corrected chi connectivity index (χ4v) is 3.51. The van der Waals surface area contributed by atoms with Crippen molar-refractivity contribution in [2.24, 2.45) is 11.7 Å². The van der Waals surface area contributed by atoms with Gasteiger partial charge in [0.25, 0.3) is 5.91 Å². The molecule has 2 amide bonds. The molecule has 1 saturated heterocycles. The summed E-state index contributed by atoms with van der Waals surface area (Å²) in [4.78, 5) is 25.7. The second-order valence-electron chi connectivity index (χ2n) is 7.49. The number of piperidine rings is 1. The van der Waals surface area contributed by atoms with Gasteiger partial charge < -0.3 is 16.0 Å². The lowest BCUT2D eigenvalue weighted by Crippen LogP contribution is -2.41. The van der Waals surface area contributed by atoms with Crippen LogP contribution in [-0.4, -0.2) is 24.9 Å². The molecule has 1 aliphatic heterocycles. The van der Waals surface area contributed by atoms with Crippen LogP contribution in [0.3, 0.4) is 0 Å². The molecule has 0 saturated carbocycles. The zero-order valence-electron chi connectivity index (χ0n) is 16.6. The summed E-state index contributed by atoms with van der Waals surface area (Å²) >= 11 is 0. The van der Waals surface area contributed by atoms with Crippen molar-refractivity contribution in [3.05, 3.63) is 59.2 Å². The lowest BCUT2D eigenvalue weighted by atomic mass is 9.96. The molecule has 1 aliphatic rings. The third kappa shape index (κ3) is 5.51. The summed E-state index contributed by atoms with van der Waals surface area (Å²) in [7, 11) is 0. The smallest absolute Gasteiger partial charge is 0.371 e. The average molecular weight is 459 g/mol. The number of halogens is 6. The van der Waals surface area contributed by atoms with Crippen LogP contribution in [0.2, 0.25) is 0 Å². The Morgan fingerprint density at radius 2 is 1.66 bits per heavy atom. The van der Waals surface area contributed by atoms with E-state index in [4.69, 9.17) is 5.73 Å². The first-order valence-electron chi connectivity index (χ1n) is 9.60. The van der Waals surface area contributed by atoms with Crippen LogP contribution in [-0.2, 0) is 17.1 Å². The van der Waals surface area contributed by atoms with E-state index in [0.29, 0.717) is 31.5 Å². The summed E-state index contributed by atoms with van der Waals surface area (Å²) in [6, 6.07) is 6.48. The Balaban J connectivity index is 1.93. The summed E-state index contributed by atoms with van der Waals surface area (Å²) < 4.78 is 79.0. The molecule has 0 bridgehead atoms. The van der Waals surface area contributed by atoms with Crippen LogP contribution in [0, 0.1) is 5.92 Å². The van der Waals surface area contributed by atoms with Crippen molar-refractivity contribution in [2.45, 2.75) is 25.2 Å². The molecule has 11 heteroatoms. The molecule has 5 nitrogen and oxygen atoms in total. The number of alkyl halides is 6. The Morgan fingerprint density at radius 1 is 0.969 bits per heavy atom. The Bertz CT molecular complexity index is 1020. The number of anilines is 2. The number of amides is 2. The number of nitrogens with one attached hydrogen (secondary N) is 1. The van der Waals surface area contributed by atoms with Crippen molar-refractivity contribution >= 4 is 23.2 Å². The molecule has 1 unspecified atom stereocenters. The second-order valence-corrected chi connectivity index (χ2v) is 7.49. The van der Waals surface area contributed by atoms with Gasteiger partial charge in [-0.05, 0) is 49.2 Å². The number of nitrogens with two attached hydrogens (primary N) is 1. The highest BCUT2D eigenvalue weighted by molar-refractivity contribution is 6.05. The molecule has 0 radical (unpaired) electrons. The number of carbonyl (C=O) groups is 2. The molecule has 3 rings (SSSR count). The molecule has 172 valence electrons. The molecule has 0 spiro atoms. The van der Waals surface area contributed by atoms with Crippen LogP contribution in [0.5, 0.6) is 0 Å². The van der Waals surface area contributed by atoms with Gasteiger partial charge in [0.05, 0.1) is 17.0 Å². The van der Waals surface area contributed by atoms with E-state index < -0.39 is 41.2 Å². The number of primary amides is 1. The number of nitrogens with zero attached hydrogens (tertiary/aromatic N) is 1. The predicted octanol–water partition coefficient (Wildman–Crippen LogP) is 4.68. The molecular weight excluding hydrogens is 440 g/mol. The third-order valence-corrected chi connectivity index (χ3v) is 5.14. The van der Waals surface area contributed by atoms with Gasteiger partial charge in [-0.15, -0.1) is 0 Å². The van der Waals surface area contributed by atoms with Gasteiger partial charge in [0.2, 0.25) is 5.91 Å². The SMILES string of the molecule is NC(=O)C1CCCN(c2cc(C(=O)Nc3cccc(C(F)(F)F)c3)cc(C(F)(F)F)c2)C1. The summed E-state index contributed by atoms with van der Waals surface area (Å²) in [5.41, 5.74) is 2.70. The lowest BCUT2D eigenvalue weighted by molar-refractivity contribution is -0.138. The van der Waals surface area contributed by atoms with Gasteiger partial charge in [-0.1, -0.05) is 6.07 Å². The first-order chi connectivity index (χ1) is 14.8. The minimum atomic E-state index is -4.76. The second kappa shape index (κ2) is 8.71. The van der Waals surface area contributed by atoms with E-state index in [1.54, 1.807) is 0 Å². The highest BCUT2D eigenvalue weighted by atomic mass is 19.4. The van der Waals surface area contributed by atoms with E-state index in [9.17, 15) is 35.9 Å². The normalized spacial score (nSPS) is 17.2. The van der Waals surface area contributed by atoms with E-state index in [2.05, 4.69) is 5.32 Å². The van der Waals surface area contributed by atoms with Crippen molar-refractivity contribution in [3.63, 3.8) is 0 Å². The summed E-state index contributed by atoms with van der Waals surface area (Å²) in [6.07, 6.45) is -8.38. The van der Waals surface area contributed by atoms with Crippen molar-refractivity contribution in [1.29, 1.82) is 0 Å². The van der Waals surface area contributed by atoms with Gasteiger partial charge in [0.1, 0.15) is 0 Å². The van der Waals surface area contributed by atoms with Crippen molar-refractivity contribution in [3.8, 4) is 0 Å². The Kier molecular flexibility index (Phi) is 6.38. The molecule has 0 aliphatic carbocycles. The van der Waals surface area contributed by atoms with Crippen molar-refractivity contribution in [1.82, 2.24) is 0 Å². The topological polar surface area (TPSA) is 75.4 Å². The van der Waals surface area contributed by atoms with Crippen molar-refractivity contribution in [2.75, 3.05) is 23.3 Å². The van der Waals surface area contributed by atoms with Crippen LogP contribution in [0.4, 0.5) is 37.7 Å². The molecule has 0 aromatic heterocycles. The van der Waals surface area contributed by atoms with Gasteiger partial charge in [0.15, 0.2) is 0 Å². The summed E-state index contributed by atoms with van der Waals surface area (Å²) in [5, 5.41) is 2.21. The lowest BCUT2D eigenvalue weighted by Gasteiger charge is -2.33. The molecule has 32 heavy (non-hydrogen) atoms. The molecule has 2 aromatic rings. The van der Waals surface area contributed by atoms with Crippen molar-refractivity contribution < 1.29 is 35.9 Å². The van der Waals surface area contributed by atoms with Gasteiger partial charge in [-0.2, -0.15) is 26.3 Å². The van der Waals surface area contributed by atoms with Crippen LogP contribution >= 0.6 is 0 Å². The molecule has 1 fully saturated rings. The Morgan fingerprint density at radius 3 is 2.28 bits per heavy atom. The fraction of sp³-hybridized carbons (Fsp3) is 0.333. The van der Waals surface area contributed by atoms with E-state index >= 15 is 0 Å². The first kappa shape index (κ1) is 23.4. The fourth-order valence-electron chi connectivity index (χ4n) is 3.51. The average Bonchev–Trinajstić information content (AvgIpc) is 2.72. The zero-order chi connectivity index (χ0) is 23.7. The van der Waals surface area contributed by atoms with E-state index in [-0.39, 0.29) is 23.5 Å². The van der Waals surface area contributed by atoms with Crippen LogP contribution in [0.15, 0.2) is 42.5 Å². The highest BCUT2D eigenvalue weighted by Gasteiger charge is 2.34. The van der Waals surface area contributed by atoms with Gasteiger partial charge in [-0.25, -0.2) is 0 Å². The Labute approximate surface area is 179 Å². The first-order valence-corrected chi connectivity index (χ1v) is 9.60. The van der Waals surface area contributed by atoms with Gasteiger partial charge in [0, 0.05) is 30.0 Å². The number of hydrogen-bond donors (Lipinski definition) is 2. The minimum absolute atomic E-state index is 0.0694. The van der Waals surface area contributed by atoms with E-state index in [0.717, 1.165) is 18.2 Å². The predicted molar refractivity (Wildman–Crippen MR) is 105 cm³/mol. The molecular formula is C21H19F6N3O2. The number of carbonyl (C=O) groups excluding carboxylic acids is 2. The molecule has 2 aromatic carbocycles. The highest BCUT2D eigenvalue weighted by Crippen LogP contribution is 2.35. The van der Waals surface area contributed by atoms with E-state index in [1.165, 1.54) is 17.0 Å². The molecule has 1 heterocycles. The van der Waals surface area contributed by atoms with Gasteiger partial charge in [-0.3, -0.25) is 9.59 Å². The summed E-state index contributed by atoms with van der Waals surface area (Å²) in [5.74, 6) is -2.11. The maximum atomic E-state index is 13.4. The monoisotopic (exact) mass is 459 g/mol. The van der Waals surface area contributed by atoms with Gasteiger partial charge >= 0.3 is 12.4 Å². The van der Waals surface area contributed by atoms with Crippen LogP contribution < -0.4 is 16.0 Å². The maximum Gasteiger partial charge on any atom is 0.416 e. The summed E-state index contributed by atoms with van der Waals surface area (Å²) in [6.45, 7) is 0.463. The number of benzene rings is 2. The minimum Gasteiger partial charge on any atom is -0.371 e. The van der Waals surface area contributed by atoms with E-state index in [1.807, 2.05) is 0 Å². The van der Waals surface area contributed by atoms with Crippen LogP contribution in [0.25, 0.3) is 0 Å². The third-order valence-electron chi connectivity index (χ3n) is 5.14. The number of hydrogen-bond acceptors (Lipinski definition) is 3. The maximum absolute atomic E-state index is 13.4. The standard InChI is InChI=1S/C21H19F6N3O2/c22-20(23,24)14-4-1-5-16(9-14)29-19(32)13-7-15(21(25,26)27)10-17(8-13)30-6-2-3-12(11-30)18(28)31/h1,4-5,7-10,12H,2-3,6,11H2,(H2,28,31)(H,29,32). The zero-order valence-corrected chi connectivity index (χ0v) is 16.6. The largest absolute Gasteiger partial charge is 0.416 e. The Hall–Kier alpha value is -3.24. The van der Waals surface area contributed by atoms with Crippen LogP contribution in [0.1, 0.15) is 34.3 Å². The quantitative estimate of drug-likeness (QED) is 0.653. The molecule has 3 N–H and O–H groups in total.